The van der Waals surface area contributed by atoms with Crippen molar-refractivity contribution in [3.8, 4) is 0 Å². The van der Waals surface area contributed by atoms with Gasteiger partial charge in [-0.2, -0.15) is 0 Å². The monoisotopic (exact) mass is 364 g/mol. The average Bonchev–Trinajstić information content (AvgIpc) is 2.68. The maximum absolute atomic E-state index is 12.8. The summed E-state index contributed by atoms with van der Waals surface area (Å²) >= 11 is 5.86. The van der Waals surface area contributed by atoms with Crippen molar-refractivity contribution in [2.75, 3.05) is 5.32 Å². The zero-order valence-corrected chi connectivity index (χ0v) is 14.6. The standard InChI is InChI=1S/C21H17ClN2O2/c22-17-13-11-16(12-14-17)20(25)24-19(15-7-3-1-4-8-15)21(26)23-18-9-5-2-6-10-18/h1-14,19H,(H,23,26)(H,24,25). The van der Waals surface area contributed by atoms with Gasteiger partial charge in [-0.15, -0.1) is 0 Å². The molecule has 130 valence electrons. The number of hydrogen-bond donors (Lipinski definition) is 2. The third kappa shape index (κ3) is 4.49. The third-order valence-corrected chi connectivity index (χ3v) is 4.07. The lowest BCUT2D eigenvalue weighted by atomic mass is 10.1. The molecule has 0 heterocycles. The first kappa shape index (κ1) is 17.7. The minimum atomic E-state index is -0.820. The Morgan fingerprint density at radius 3 is 1.96 bits per heavy atom. The van der Waals surface area contributed by atoms with Gasteiger partial charge in [0, 0.05) is 16.3 Å². The Morgan fingerprint density at radius 1 is 0.769 bits per heavy atom. The Kier molecular flexibility index (Phi) is 5.66. The van der Waals surface area contributed by atoms with Gasteiger partial charge in [0.15, 0.2) is 0 Å². The van der Waals surface area contributed by atoms with Crippen LogP contribution in [0.25, 0.3) is 0 Å². The van der Waals surface area contributed by atoms with Crippen LogP contribution in [0.15, 0.2) is 84.9 Å². The van der Waals surface area contributed by atoms with Gasteiger partial charge in [-0.05, 0) is 42.0 Å². The van der Waals surface area contributed by atoms with Gasteiger partial charge in [0.25, 0.3) is 11.8 Å². The van der Waals surface area contributed by atoms with E-state index in [1.807, 2.05) is 36.4 Å². The molecular weight excluding hydrogens is 348 g/mol. The lowest BCUT2D eigenvalue weighted by Crippen LogP contribution is -2.37. The number of halogens is 1. The Balaban J connectivity index is 1.82. The lowest BCUT2D eigenvalue weighted by molar-refractivity contribution is -0.118. The number of anilines is 1. The molecule has 0 aliphatic heterocycles. The molecule has 0 aromatic heterocycles. The quantitative estimate of drug-likeness (QED) is 0.702. The van der Waals surface area contributed by atoms with E-state index in [4.69, 9.17) is 11.6 Å². The number of carbonyl (C=O) groups excluding carboxylic acids is 2. The maximum atomic E-state index is 12.8. The Bertz CT molecular complexity index is 881. The average molecular weight is 365 g/mol. The van der Waals surface area contributed by atoms with E-state index in [9.17, 15) is 9.59 Å². The molecule has 0 saturated carbocycles. The number of carbonyl (C=O) groups is 2. The van der Waals surface area contributed by atoms with Crippen LogP contribution in [-0.4, -0.2) is 11.8 Å². The van der Waals surface area contributed by atoms with Gasteiger partial charge >= 0.3 is 0 Å². The summed E-state index contributed by atoms with van der Waals surface area (Å²) in [5, 5.41) is 6.17. The molecule has 3 aromatic carbocycles. The lowest BCUT2D eigenvalue weighted by Gasteiger charge is -2.19. The van der Waals surface area contributed by atoms with Crippen LogP contribution in [0.2, 0.25) is 5.02 Å². The van der Waals surface area contributed by atoms with Crippen molar-refractivity contribution in [3.63, 3.8) is 0 Å². The first-order chi connectivity index (χ1) is 12.6. The molecule has 0 fully saturated rings. The van der Waals surface area contributed by atoms with Gasteiger partial charge in [0.1, 0.15) is 6.04 Å². The van der Waals surface area contributed by atoms with Crippen LogP contribution in [0.1, 0.15) is 22.0 Å². The van der Waals surface area contributed by atoms with E-state index >= 15 is 0 Å². The van der Waals surface area contributed by atoms with Gasteiger partial charge in [-0.1, -0.05) is 60.1 Å². The second-order valence-corrected chi connectivity index (χ2v) is 6.12. The molecule has 4 nitrogen and oxygen atoms in total. The summed E-state index contributed by atoms with van der Waals surface area (Å²) in [7, 11) is 0. The highest BCUT2D eigenvalue weighted by atomic mass is 35.5. The Hall–Kier alpha value is -3.11. The Morgan fingerprint density at radius 2 is 1.35 bits per heavy atom. The van der Waals surface area contributed by atoms with Crippen molar-refractivity contribution in [2.24, 2.45) is 0 Å². The number of rotatable bonds is 5. The highest BCUT2D eigenvalue weighted by Gasteiger charge is 2.23. The van der Waals surface area contributed by atoms with Crippen LogP contribution >= 0.6 is 11.6 Å². The molecule has 0 spiro atoms. The Labute approximate surface area is 156 Å². The summed E-state index contributed by atoms with van der Waals surface area (Å²) in [6.45, 7) is 0. The highest BCUT2D eigenvalue weighted by molar-refractivity contribution is 6.30. The van der Waals surface area contributed by atoms with Gasteiger partial charge in [-0.3, -0.25) is 9.59 Å². The maximum Gasteiger partial charge on any atom is 0.252 e. The van der Waals surface area contributed by atoms with Crippen molar-refractivity contribution in [2.45, 2.75) is 6.04 Å². The van der Waals surface area contributed by atoms with Crippen molar-refractivity contribution in [3.05, 3.63) is 101 Å². The smallest absolute Gasteiger partial charge is 0.252 e. The number of para-hydroxylation sites is 1. The van der Waals surface area contributed by atoms with Crippen LogP contribution in [0.5, 0.6) is 0 Å². The molecule has 2 amide bonds. The molecular formula is C21H17ClN2O2. The zero-order chi connectivity index (χ0) is 18.4. The van der Waals surface area contributed by atoms with Crippen LogP contribution in [0.4, 0.5) is 5.69 Å². The van der Waals surface area contributed by atoms with Crippen molar-refractivity contribution < 1.29 is 9.59 Å². The van der Waals surface area contributed by atoms with Crippen LogP contribution in [-0.2, 0) is 4.79 Å². The first-order valence-electron chi connectivity index (χ1n) is 8.11. The van der Waals surface area contributed by atoms with E-state index in [1.54, 1.807) is 48.5 Å². The largest absolute Gasteiger partial charge is 0.336 e. The molecule has 0 bridgehead atoms. The summed E-state index contributed by atoms with van der Waals surface area (Å²) in [6, 6.07) is 23.9. The fourth-order valence-electron chi connectivity index (χ4n) is 2.50. The predicted octanol–water partition coefficient (Wildman–Crippen LogP) is 4.45. The van der Waals surface area contributed by atoms with E-state index < -0.39 is 6.04 Å². The highest BCUT2D eigenvalue weighted by Crippen LogP contribution is 2.17. The normalized spacial score (nSPS) is 11.4. The van der Waals surface area contributed by atoms with E-state index in [0.717, 1.165) is 0 Å². The molecule has 0 aliphatic carbocycles. The number of nitrogens with one attached hydrogen (secondary N) is 2. The molecule has 2 N–H and O–H groups in total. The first-order valence-corrected chi connectivity index (χ1v) is 8.48. The van der Waals surface area contributed by atoms with Crippen LogP contribution < -0.4 is 10.6 Å². The molecule has 1 unspecified atom stereocenters. The SMILES string of the molecule is O=C(NC(C(=O)Nc1ccccc1)c1ccccc1)c1ccc(Cl)cc1. The van der Waals surface area contributed by atoms with Gasteiger partial charge in [0.2, 0.25) is 0 Å². The fourth-order valence-corrected chi connectivity index (χ4v) is 2.62. The summed E-state index contributed by atoms with van der Waals surface area (Å²) in [4.78, 5) is 25.3. The fraction of sp³-hybridized carbons (Fsp3) is 0.0476. The minimum absolute atomic E-state index is 0.315. The van der Waals surface area contributed by atoms with Gasteiger partial charge < -0.3 is 10.6 Å². The molecule has 26 heavy (non-hydrogen) atoms. The zero-order valence-electron chi connectivity index (χ0n) is 13.9. The third-order valence-electron chi connectivity index (χ3n) is 3.82. The van der Waals surface area contributed by atoms with Gasteiger partial charge in [-0.25, -0.2) is 0 Å². The van der Waals surface area contributed by atoms with Crippen molar-refractivity contribution in [1.82, 2.24) is 5.32 Å². The molecule has 0 saturated heterocycles. The summed E-state index contributed by atoms with van der Waals surface area (Å²) in [6.07, 6.45) is 0. The van der Waals surface area contributed by atoms with Gasteiger partial charge in [0.05, 0.1) is 0 Å². The second kappa shape index (κ2) is 8.32. The number of hydrogen-bond acceptors (Lipinski definition) is 2. The molecule has 3 rings (SSSR count). The van der Waals surface area contributed by atoms with E-state index in [-0.39, 0.29) is 11.8 Å². The molecule has 0 aliphatic rings. The topological polar surface area (TPSA) is 58.2 Å². The minimum Gasteiger partial charge on any atom is -0.336 e. The molecule has 3 aromatic rings. The van der Waals surface area contributed by atoms with E-state index in [0.29, 0.717) is 21.8 Å². The summed E-state index contributed by atoms with van der Waals surface area (Å²) < 4.78 is 0. The van der Waals surface area contributed by atoms with E-state index in [1.165, 1.54) is 0 Å². The molecule has 5 heteroatoms. The summed E-state index contributed by atoms with van der Waals surface area (Å²) in [5.74, 6) is -0.663. The molecule has 0 radical (unpaired) electrons. The van der Waals surface area contributed by atoms with Crippen molar-refractivity contribution in [1.29, 1.82) is 0 Å². The summed E-state index contributed by atoms with van der Waals surface area (Å²) in [5.41, 5.74) is 1.80. The second-order valence-electron chi connectivity index (χ2n) is 5.68. The van der Waals surface area contributed by atoms with Crippen molar-refractivity contribution >= 4 is 29.1 Å². The van der Waals surface area contributed by atoms with Crippen LogP contribution in [0.3, 0.4) is 0 Å². The number of amides is 2. The van der Waals surface area contributed by atoms with Crippen LogP contribution in [0, 0.1) is 0 Å². The predicted molar refractivity (Wildman–Crippen MR) is 103 cm³/mol. The molecule has 1 atom stereocenters. The van der Waals surface area contributed by atoms with E-state index in [2.05, 4.69) is 10.6 Å². The number of benzene rings is 3.